The Balaban J connectivity index is 1.62. The Labute approximate surface area is 202 Å². The van der Waals surface area contributed by atoms with E-state index >= 15 is 0 Å². The molecule has 2 atom stereocenters. The van der Waals surface area contributed by atoms with Crippen LogP contribution in [0.2, 0.25) is 15.1 Å². The summed E-state index contributed by atoms with van der Waals surface area (Å²) in [7, 11) is 0. The van der Waals surface area contributed by atoms with Gasteiger partial charge in [-0.2, -0.15) is 0 Å². The van der Waals surface area contributed by atoms with Crippen LogP contribution in [-0.4, -0.2) is 17.6 Å². The molecule has 2 bridgehead atoms. The zero-order valence-corrected chi connectivity index (χ0v) is 20.2. The number of nitrogens with zero attached hydrogens (tertiary/aromatic N) is 1. The van der Waals surface area contributed by atoms with Crippen molar-refractivity contribution in [3.63, 3.8) is 0 Å². The van der Waals surface area contributed by atoms with E-state index in [2.05, 4.69) is 31.2 Å². The maximum absolute atomic E-state index is 13.6. The lowest BCUT2D eigenvalue weighted by atomic mass is 9.64. The van der Waals surface area contributed by atoms with Crippen LogP contribution in [0.15, 0.2) is 47.6 Å². The van der Waals surface area contributed by atoms with Gasteiger partial charge < -0.3 is 10.2 Å². The standard InChI is InChI=1S/C24H23Cl3N2O3/c1-22(2)23(3)11-12-24(22,21(31)28-17-10-6-9-16(26)19(17)27)13-18(23)29-32-20(30)14-7-4-5-8-15(14)25/h4-10H,11-13H2,1-3H3,(H,28,31)/b29-18+. The minimum absolute atomic E-state index is 0.141. The first-order valence-electron chi connectivity index (χ1n) is 10.3. The van der Waals surface area contributed by atoms with E-state index in [0.717, 1.165) is 6.42 Å². The zero-order valence-electron chi connectivity index (χ0n) is 18.0. The number of nitrogens with one attached hydrogen (secondary N) is 1. The number of rotatable bonds is 4. The lowest BCUT2D eigenvalue weighted by Crippen LogP contribution is -2.43. The predicted molar refractivity (Wildman–Crippen MR) is 128 cm³/mol. The second-order valence-corrected chi connectivity index (χ2v) is 10.4. The number of oxime groups is 1. The number of hydrogen-bond donors (Lipinski definition) is 1. The highest BCUT2D eigenvalue weighted by Crippen LogP contribution is 2.71. The van der Waals surface area contributed by atoms with Crippen LogP contribution in [0.3, 0.4) is 0 Å². The molecular formula is C24H23Cl3N2O3. The maximum Gasteiger partial charge on any atom is 0.367 e. The van der Waals surface area contributed by atoms with Crippen molar-refractivity contribution >= 4 is 58.1 Å². The summed E-state index contributed by atoms with van der Waals surface area (Å²) >= 11 is 18.5. The minimum Gasteiger partial charge on any atom is -0.324 e. The van der Waals surface area contributed by atoms with Crippen molar-refractivity contribution in [2.45, 2.75) is 40.0 Å². The van der Waals surface area contributed by atoms with Crippen LogP contribution >= 0.6 is 34.8 Å². The molecule has 2 aromatic carbocycles. The molecule has 0 heterocycles. The van der Waals surface area contributed by atoms with Crippen molar-refractivity contribution in [2.75, 3.05) is 5.32 Å². The Morgan fingerprint density at radius 1 is 0.969 bits per heavy atom. The van der Waals surface area contributed by atoms with Crippen molar-refractivity contribution in [1.82, 2.24) is 0 Å². The average Bonchev–Trinajstić information content (AvgIpc) is 3.06. The van der Waals surface area contributed by atoms with Gasteiger partial charge in [-0.1, -0.05) is 78.9 Å². The summed E-state index contributed by atoms with van der Waals surface area (Å²) in [5.41, 5.74) is -0.133. The quantitative estimate of drug-likeness (QED) is 0.368. The molecule has 0 aliphatic heterocycles. The van der Waals surface area contributed by atoms with Crippen LogP contribution in [0, 0.1) is 16.2 Å². The molecule has 32 heavy (non-hydrogen) atoms. The molecule has 2 fully saturated rings. The van der Waals surface area contributed by atoms with Gasteiger partial charge in [-0.25, -0.2) is 4.79 Å². The van der Waals surface area contributed by atoms with Crippen molar-refractivity contribution in [2.24, 2.45) is 21.4 Å². The average molecular weight is 494 g/mol. The molecular weight excluding hydrogens is 471 g/mol. The van der Waals surface area contributed by atoms with Crippen molar-refractivity contribution in [3.05, 3.63) is 63.1 Å². The number of halogens is 3. The van der Waals surface area contributed by atoms with Gasteiger partial charge in [0.25, 0.3) is 0 Å². The lowest BCUT2D eigenvalue weighted by Gasteiger charge is -2.39. The fourth-order valence-electron chi connectivity index (χ4n) is 5.14. The number of amides is 1. The van der Waals surface area contributed by atoms with Crippen molar-refractivity contribution in [1.29, 1.82) is 0 Å². The van der Waals surface area contributed by atoms with Gasteiger partial charge in [0.1, 0.15) is 0 Å². The Morgan fingerprint density at radius 3 is 2.38 bits per heavy atom. The summed E-state index contributed by atoms with van der Waals surface area (Å²) in [5.74, 6) is -0.769. The molecule has 2 aliphatic rings. The van der Waals surface area contributed by atoms with Crippen LogP contribution in [0.1, 0.15) is 50.4 Å². The van der Waals surface area contributed by atoms with E-state index in [0.29, 0.717) is 39.3 Å². The monoisotopic (exact) mass is 492 g/mol. The number of carbonyl (C=O) groups is 2. The second-order valence-electron chi connectivity index (χ2n) is 9.17. The van der Waals surface area contributed by atoms with Crippen LogP contribution in [-0.2, 0) is 9.63 Å². The molecule has 2 unspecified atom stereocenters. The van der Waals surface area contributed by atoms with Gasteiger partial charge in [-0.05, 0) is 42.5 Å². The smallest absolute Gasteiger partial charge is 0.324 e. The second kappa shape index (κ2) is 8.05. The van der Waals surface area contributed by atoms with Crippen LogP contribution in [0.5, 0.6) is 0 Å². The van der Waals surface area contributed by atoms with Crippen molar-refractivity contribution in [3.8, 4) is 0 Å². The topological polar surface area (TPSA) is 67.8 Å². The molecule has 168 valence electrons. The third-order valence-corrected chi connectivity index (χ3v) is 8.85. The summed E-state index contributed by atoms with van der Waals surface area (Å²) in [6.45, 7) is 6.21. The number of hydrogen-bond acceptors (Lipinski definition) is 4. The van der Waals surface area contributed by atoms with E-state index in [9.17, 15) is 9.59 Å². The molecule has 0 radical (unpaired) electrons. The van der Waals surface area contributed by atoms with Gasteiger partial charge in [0.2, 0.25) is 5.91 Å². The molecule has 0 saturated heterocycles. The third-order valence-electron chi connectivity index (χ3n) is 7.70. The highest BCUT2D eigenvalue weighted by Gasteiger charge is 2.71. The van der Waals surface area contributed by atoms with Crippen LogP contribution in [0.25, 0.3) is 0 Å². The first kappa shape index (κ1) is 23.1. The van der Waals surface area contributed by atoms with E-state index < -0.39 is 22.2 Å². The van der Waals surface area contributed by atoms with E-state index in [4.69, 9.17) is 39.6 Å². The minimum atomic E-state index is -0.719. The molecule has 2 saturated carbocycles. The molecule has 5 nitrogen and oxygen atoms in total. The molecule has 0 aromatic heterocycles. The van der Waals surface area contributed by atoms with Crippen LogP contribution < -0.4 is 5.32 Å². The molecule has 1 amide bonds. The summed E-state index contributed by atoms with van der Waals surface area (Å²) in [6, 6.07) is 11.8. The summed E-state index contributed by atoms with van der Waals surface area (Å²) < 4.78 is 0. The Kier molecular flexibility index (Phi) is 5.81. The Morgan fingerprint density at radius 2 is 1.66 bits per heavy atom. The van der Waals surface area contributed by atoms with Gasteiger partial charge in [0, 0.05) is 11.8 Å². The molecule has 8 heteroatoms. The first-order valence-corrected chi connectivity index (χ1v) is 11.5. The molecule has 2 aliphatic carbocycles. The highest BCUT2D eigenvalue weighted by molar-refractivity contribution is 6.44. The summed E-state index contributed by atoms with van der Waals surface area (Å²) in [6.07, 6.45) is 1.83. The maximum atomic E-state index is 13.6. The van der Waals surface area contributed by atoms with Gasteiger partial charge in [0.15, 0.2) is 0 Å². The molecule has 1 N–H and O–H groups in total. The number of fused-ring (bicyclic) bond motifs is 2. The first-order chi connectivity index (χ1) is 15.0. The number of anilines is 1. The molecule has 4 rings (SSSR count). The van der Waals surface area contributed by atoms with E-state index in [1.165, 1.54) is 0 Å². The van der Waals surface area contributed by atoms with Crippen molar-refractivity contribution < 1.29 is 14.4 Å². The van der Waals surface area contributed by atoms with Crippen LogP contribution in [0.4, 0.5) is 5.69 Å². The number of benzene rings is 2. The third kappa shape index (κ3) is 3.33. The fraction of sp³-hybridized carbons (Fsp3) is 0.375. The highest BCUT2D eigenvalue weighted by atomic mass is 35.5. The largest absolute Gasteiger partial charge is 0.367 e. The summed E-state index contributed by atoms with van der Waals surface area (Å²) in [4.78, 5) is 31.3. The zero-order chi connectivity index (χ0) is 23.3. The van der Waals surface area contributed by atoms with Gasteiger partial charge in [-0.15, -0.1) is 0 Å². The van der Waals surface area contributed by atoms with Gasteiger partial charge in [-0.3, -0.25) is 4.79 Å². The Bertz CT molecular complexity index is 1150. The molecule has 2 aromatic rings. The van der Waals surface area contributed by atoms with E-state index in [1.807, 2.05) is 0 Å². The van der Waals surface area contributed by atoms with Gasteiger partial charge in [0.05, 0.1) is 37.4 Å². The van der Waals surface area contributed by atoms with Gasteiger partial charge >= 0.3 is 5.97 Å². The normalized spacial score (nSPS) is 26.9. The summed E-state index contributed by atoms with van der Waals surface area (Å²) in [5, 5.41) is 8.18. The fourth-order valence-corrected chi connectivity index (χ4v) is 5.70. The SMILES string of the molecule is CC12CCC(C(=O)Nc3cccc(Cl)c3Cl)(C/C1=N\OC(=O)c1ccccc1Cl)C2(C)C. The Hall–Kier alpha value is -2.08. The molecule has 0 spiro atoms. The number of carbonyl (C=O) groups excluding carboxylic acids is 2. The van der Waals surface area contributed by atoms with E-state index in [1.54, 1.807) is 42.5 Å². The lowest BCUT2D eigenvalue weighted by molar-refractivity contribution is -0.130. The van der Waals surface area contributed by atoms with E-state index in [-0.39, 0.29) is 11.5 Å². The predicted octanol–water partition coefficient (Wildman–Crippen LogP) is 7.01.